The third-order valence-electron chi connectivity index (χ3n) is 0.861. The highest BCUT2D eigenvalue weighted by Crippen LogP contribution is 1.71. The van der Waals surface area contributed by atoms with Gasteiger partial charge in [0.1, 0.15) is 6.10 Å². The summed E-state index contributed by atoms with van der Waals surface area (Å²) in [5.74, 6) is 0. The van der Waals surface area contributed by atoms with Gasteiger partial charge in [0.25, 0.3) is 0 Å². The Labute approximate surface area is 72.2 Å². The SMILES string of the molecule is CCOCCO.OCC(O)CO. The number of aliphatic hydroxyl groups is 4. The summed E-state index contributed by atoms with van der Waals surface area (Å²) in [6.07, 6.45) is -0.954. The van der Waals surface area contributed by atoms with Crippen LogP contribution >= 0.6 is 0 Å². The van der Waals surface area contributed by atoms with Crippen molar-refractivity contribution in [3.8, 4) is 0 Å². The largest absolute Gasteiger partial charge is 0.394 e. The fourth-order valence-corrected chi connectivity index (χ4v) is 0.267. The fourth-order valence-electron chi connectivity index (χ4n) is 0.267. The minimum Gasteiger partial charge on any atom is -0.394 e. The van der Waals surface area contributed by atoms with Crippen LogP contribution in [0.25, 0.3) is 0 Å². The Hall–Kier alpha value is -0.200. The highest BCUT2D eigenvalue weighted by Gasteiger charge is 1.93. The summed E-state index contributed by atoms with van der Waals surface area (Å²) in [5, 5.41) is 32.1. The molecule has 0 radical (unpaired) electrons. The van der Waals surface area contributed by atoms with Crippen LogP contribution in [-0.2, 0) is 4.74 Å². The van der Waals surface area contributed by atoms with E-state index in [9.17, 15) is 0 Å². The minimum atomic E-state index is -0.954. The number of ether oxygens (including phenoxy) is 1. The summed E-state index contributed by atoms with van der Waals surface area (Å²) >= 11 is 0. The van der Waals surface area contributed by atoms with E-state index in [4.69, 9.17) is 25.2 Å². The minimum absolute atomic E-state index is 0.133. The van der Waals surface area contributed by atoms with Crippen molar-refractivity contribution in [1.82, 2.24) is 0 Å². The van der Waals surface area contributed by atoms with E-state index in [1.807, 2.05) is 6.92 Å². The average molecular weight is 182 g/mol. The van der Waals surface area contributed by atoms with Crippen molar-refractivity contribution in [1.29, 1.82) is 0 Å². The Kier molecular flexibility index (Phi) is 16.0. The molecule has 0 rings (SSSR count). The van der Waals surface area contributed by atoms with Crippen molar-refractivity contribution in [2.24, 2.45) is 0 Å². The standard InChI is InChI=1S/C4H10O2.C3H8O3/c1-2-6-4-3-5;4-1-3(6)2-5/h5H,2-4H2,1H3;3-6H,1-2H2. The molecule has 0 aliphatic rings. The number of hydrogen-bond donors (Lipinski definition) is 4. The van der Waals surface area contributed by atoms with E-state index in [0.717, 1.165) is 0 Å². The van der Waals surface area contributed by atoms with Gasteiger partial charge in [0.05, 0.1) is 26.4 Å². The molecule has 0 aromatic heterocycles. The zero-order valence-corrected chi connectivity index (χ0v) is 7.31. The van der Waals surface area contributed by atoms with Crippen LogP contribution < -0.4 is 0 Å². The summed E-state index contributed by atoms with van der Waals surface area (Å²) in [6.45, 7) is 2.47. The van der Waals surface area contributed by atoms with Crippen molar-refractivity contribution in [3.05, 3.63) is 0 Å². The second-order valence-corrected chi connectivity index (χ2v) is 1.94. The van der Waals surface area contributed by atoms with Crippen molar-refractivity contribution in [2.45, 2.75) is 13.0 Å². The average Bonchev–Trinajstić information content (AvgIpc) is 2.14. The topological polar surface area (TPSA) is 90.2 Å². The van der Waals surface area contributed by atoms with Crippen LogP contribution in [0.1, 0.15) is 6.92 Å². The first-order valence-electron chi connectivity index (χ1n) is 3.81. The summed E-state index contributed by atoms with van der Waals surface area (Å²) in [5.41, 5.74) is 0. The smallest absolute Gasteiger partial charge is 0.100 e. The summed E-state index contributed by atoms with van der Waals surface area (Å²) < 4.78 is 4.73. The van der Waals surface area contributed by atoms with Gasteiger partial charge in [-0.3, -0.25) is 0 Å². The van der Waals surface area contributed by atoms with Gasteiger partial charge in [-0.15, -0.1) is 0 Å². The van der Waals surface area contributed by atoms with Crippen molar-refractivity contribution in [3.63, 3.8) is 0 Å². The third-order valence-corrected chi connectivity index (χ3v) is 0.861. The molecule has 5 heteroatoms. The molecule has 0 aliphatic heterocycles. The van der Waals surface area contributed by atoms with Gasteiger partial charge in [0, 0.05) is 6.61 Å². The maximum atomic E-state index is 8.17. The highest BCUT2D eigenvalue weighted by atomic mass is 16.5. The van der Waals surface area contributed by atoms with Crippen LogP contribution in [-0.4, -0.2) is 59.6 Å². The van der Waals surface area contributed by atoms with Crippen LogP contribution in [0.4, 0.5) is 0 Å². The molecule has 0 fully saturated rings. The zero-order valence-electron chi connectivity index (χ0n) is 7.31. The van der Waals surface area contributed by atoms with Gasteiger partial charge in [-0.25, -0.2) is 0 Å². The van der Waals surface area contributed by atoms with Crippen molar-refractivity contribution >= 4 is 0 Å². The molecule has 5 nitrogen and oxygen atoms in total. The Morgan fingerprint density at radius 2 is 1.67 bits per heavy atom. The molecule has 0 saturated heterocycles. The van der Waals surface area contributed by atoms with E-state index in [1.54, 1.807) is 0 Å². The lowest BCUT2D eigenvalue weighted by atomic mass is 10.4. The van der Waals surface area contributed by atoms with Crippen LogP contribution in [0, 0.1) is 0 Å². The van der Waals surface area contributed by atoms with E-state index >= 15 is 0 Å². The van der Waals surface area contributed by atoms with Gasteiger partial charge in [-0.1, -0.05) is 0 Å². The van der Waals surface area contributed by atoms with Gasteiger partial charge in [0.2, 0.25) is 0 Å². The zero-order chi connectivity index (χ0) is 9.82. The maximum Gasteiger partial charge on any atom is 0.100 e. The molecule has 0 spiro atoms. The van der Waals surface area contributed by atoms with Crippen LogP contribution in [0.5, 0.6) is 0 Å². The Balaban J connectivity index is 0. The Morgan fingerprint density at radius 1 is 1.17 bits per heavy atom. The molecule has 0 aromatic rings. The summed E-state index contributed by atoms with van der Waals surface area (Å²) in [6, 6.07) is 0. The quantitative estimate of drug-likeness (QED) is 0.382. The molecule has 0 aromatic carbocycles. The molecule has 0 saturated carbocycles. The third kappa shape index (κ3) is 16.4. The molecule has 76 valence electrons. The highest BCUT2D eigenvalue weighted by molar-refractivity contribution is 4.43. The maximum absolute atomic E-state index is 8.17. The van der Waals surface area contributed by atoms with Crippen LogP contribution in [0.15, 0.2) is 0 Å². The molecule has 0 aliphatic carbocycles. The number of hydrogen-bond acceptors (Lipinski definition) is 5. The van der Waals surface area contributed by atoms with Gasteiger partial charge >= 0.3 is 0 Å². The monoisotopic (exact) mass is 182 g/mol. The van der Waals surface area contributed by atoms with E-state index in [1.165, 1.54) is 0 Å². The van der Waals surface area contributed by atoms with Crippen LogP contribution in [0.3, 0.4) is 0 Å². The van der Waals surface area contributed by atoms with Gasteiger partial charge < -0.3 is 25.2 Å². The number of aliphatic hydroxyl groups excluding tert-OH is 4. The Bertz CT molecular complexity index is 60.8. The van der Waals surface area contributed by atoms with Gasteiger partial charge in [-0.2, -0.15) is 0 Å². The molecular formula is C7H18O5. The van der Waals surface area contributed by atoms with E-state index in [0.29, 0.717) is 13.2 Å². The molecule has 0 atom stereocenters. The molecule has 0 unspecified atom stereocenters. The predicted octanol–water partition coefficient (Wildman–Crippen LogP) is -1.65. The second-order valence-electron chi connectivity index (χ2n) is 1.94. The molecular weight excluding hydrogens is 164 g/mol. The lowest BCUT2D eigenvalue weighted by molar-refractivity contribution is 0.0450. The lowest BCUT2D eigenvalue weighted by Gasteiger charge is -1.96. The van der Waals surface area contributed by atoms with Crippen molar-refractivity contribution < 1.29 is 25.2 Å². The van der Waals surface area contributed by atoms with Crippen LogP contribution in [0.2, 0.25) is 0 Å². The number of rotatable bonds is 5. The normalized spacial score (nSPS) is 9.50. The predicted molar refractivity (Wildman–Crippen MR) is 43.8 cm³/mol. The summed E-state index contributed by atoms with van der Waals surface area (Å²) in [4.78, 5) is 0. The first-order chi connectivity index (χ1) is 5.72. The molecule has 0 bridgehead atoms. The molecule has 4 N–H and O–H groups in total. The van der Waals surface area contributed by atoms with E-state index in [-0.39, 0.29) is 19.8 Å². The molecule has 0 heterocycles. The Morgan fingerprint density at radius 3 is 1.75 bits per heavy atom. The first kappa shape index (κ1) is 14.3. The van der Waals surface area contributed by atoms with E-state index in [2.05, 4.69) is 0 Å². The molecule has 0 amide bonds. The summed E-state index contributed by atoms with van der Waals surface area (Å²) in [7, 11) is 0. The van der Waals surface area contributed by atoms with Gasteiger partial charge in [0.15, 0.2) is 0 Å². The first-order valence-corrected chi connectivity index (χ1v) is 3.81. The fraction of sp³-hybridized carbons (Fsp3) is 1.00. The lowest BCUT2D eigenvalue weighted by Crippen LogP contribution is -2.15. The van der Waals surface area contributed by atoms with Crippen molar-refractivity contribution in [2.75, 3.05) is 33.0 Å². The van der Waals surface area contributed by atoms with E-state index < -0.39 is 6.10 Å². The second kappa shape index (κ2) is 13.4. The van der Waals surface area contributed by atoms with Gasteiger partial charge in [-0.05, 0) is 6.92 Å². The molecule has 12 heavy (non-hydrogen) atoms.